The Kier molecular flexibility index (Phi) is 4.72. The van der Waals surface area contributed by atoms with Crippen LogP contribution in [0, 0.1) is 0 Å². The third kappa shape index (κ3) is 2.78. The van der Waals surface area contributed by atoms with Gasteiger partial charge in [0.15, 0.2) is 28.4 Å². The second-order valence-electron chi connectivity index (χ2n) is 5.59. The fourth-order valence-corrected chi connectivity index (χ4v) is 3.44. The second kappa shape index (κ2) is 6.60. The summed E-state index contributed by atoms with van der Waals surface area (Å²) in [6.45, 7) is 2.07. The van der Waals surface area contributed by atoms with Crippen LogP contribution in [0.5, 0.6) is 0 Å². The number of fused-ring (bicyclic) bond motifs is 1. The molecule has 4 atom stereocenters. The molecule has 3 rings (SSSR count). The molecule has 1 saturated heterocycles. The van der Waals surface area contributed by atoms with E-state index in [0.29, 0.717) is 22.7 Å². The van der Waals surface area contributed by atoms with Crippen molar-refractivity contribution in [2.24, 2.45) is 0 Å². The molecule has 0 aromatic carbocycles. The van der Waals surface area contributed by atoms with E-state index in [2.05, 4.69) is 21.9 Å². The van der Waals surface area contributed by atoms with Gasteiger partial charge in [0.1, 0.15) is 18.5 Å². The summed E-state index contributed by atoms with van der Waals surface area (Å²) in [6, 6.07) is 0. The third-order valence-electron chi connectivity index (χ3n) is 4.09. The number of nitrogens with two attached hydrogens (primary N) is 1. The van der Waals surface area contributed by atoms with E-state index in [1.165, 1.54) is 18.1 Å². The van der Waals surface area contributed by atoms with E-state index in [0.717, 1.165) is 12.8 Å². The largest absolute Gasteiger partial charge is 0.388 e. The van der Waals surface area contributed by atoms with E-state index in [1.54, 1.807) is 4.57 Å². The smallest absolute Gasteiger partial charge is 0.172 e. The Morgan fingerprint density at radius 3 is 2.83 bits per heavy atom. The van der Waals surface area contributed by atoms with Crippen LogP contribution in [0.4, 0.5) is 5.82 Å². The lowest BCUT2D eigenvalue weighted by molar-refractivity contribution is -0.0419. The highest BCUT2D eigenvalue weighted by Crippen LogP contribution is 2.37. The summed E-state index contributed by atoms with van der Waals surface area (Å²) in [5, 5.41) is 21.3. The fourth-order valence-electron chi connectivity index (χ4n) is 2.87. The summed E-state index contributed by atoms with van der Waals surface area (Å²) in [5.74, 6) is 0.277. The van der Waals surface area contributed by atoms with Gasteiger partial charge in [0, 0.05) is 0 Å². The van der Waals surface area contributed by atoms with E-state index in [4.69, 9.17) is 10.5 Å². The Morgan fingerprint density at radius 1 is 1.35 bits per heavy atom. The Balaban J connectivity index is 2.01. The summed E-state index contributed by atoms with van der Waals surface area (Å²) in [6.07, 6.45) is 2.73. The number of thioether (sulfide) groups is 1. The number of imidazole rings is 1. The van der Waals surface area contributed by atoms with Crippen LogP contribution in [0.2, 0.25) is 0 Å². The van der Waals surface area contributed by atoms with Crippen molar-refractivity contribution >= 4 is 28.7 Å². The highest BCUT2D eigenvalue weighted by Gasteiger charge is 2.44. The molecule has 0 radical (unpaired) electrons. The quantitative estimate of drug-likeness (QED) is 0.689. The Bertz CT molecular complexity index is 694. The summed E-state index contributed by atoms with van der Waals surface area (Å²) in [5.41, 5.74) is 6.82. The van der Waals surface area contributed by atoms with E-state index in [1.807, 2.05) is 6.26 Å². The number of nitrogens with zero attached hydrogens (tertiary/aromatic N) is 4. The summed E-state index contributed by atoms with van der Waals surface area (Å²) >= 11 is 1.39. The second-order valence-corrected chi connectivity index (χ2v) is 6.36. The maximum atomic E-state index is 10.4. The number of rotatable bonds is 5. The number of nitrogen functional groups attached to an aromatic ring is 1. The molecule has 0 saturated carbocycles. The van der Waals surface area contributed by atoms with E-state index >= 15 is 0 Å². The van der Waals surface area contributed by atoms with Crippen LogP contribution in [0.15, 0.2) is 11.5 Å². The number of unbranched alkanes of at least 4 members (excludes halogenated alkanes) is 1. The average molecular weight is 339 g/mol. The Morgan fingerprint density at radius 2 is 2.13 bits per heavy atom. The summed E-state index contributed by atoms with van der Waals surface area (Å²) in [7, 11) is 0. The molecule has 23 heavy (non-hydrogen) atoms. The number of hydrogen-bond acceptors (Lipinski definition) is 8. The maximum absolute atomic E-state index is 10.4. The van der Waals surface area contributed by atoms with Crippen molar-refractivity contribution in [2.45, 2.75) is 55.9 Å². The molecule has 8 nitrogen and oxygen atoms in total. The standard InChI is InChI=1S/C14H21N5O3S/c1-3-4-5-7-9(20)10(21)13(22-7)19-12-8(18-14(19)23-2)11(15)16-6-17-12/h6-7,9-10,13,20-21H,3-5H2,1-2H3,(H2,15,16,17)/t7-,9-,10-,13-/m1/s1. The van der Waals surface area contributed by atoms with Crippen LogP contribution in [-0.2, 0) is 4.74 Å². The highest BCUT2D eigenvalue weighted by molar-refractivity contribution is 7.98. The van der Waals surface area contributed by atoms with Crippen LogP contribution < -0.4 is 5.73 Å². The van der Waals surface area contributed by atoms with Gasteiger partial charge in [-0.15, -0.1) is 0 Å². The molecule has 1 fully saturated rings. The first kappa shape index (κ1) is 16.4. The lowest BCUT2D eigenvalue weighted by atomic mass is 10.1. The fraction of sp³-hybridized carbons (Fsp3) is 0.643. The van der Waals surface area contributed by atoms with Gasteiger partial charge in [-0.25, -0.2) is 15.0 Å². The molecule has 0 unspecified atom stereocenters. The zero-order valence-electron chi connectivity index (χ0n) is 13.1. The van der Waals surface area contributed by atoms with Crippen molar-refractivity contribution in [3.63, 3.8) is 0 Å². The Labute approximate surface area is 138 Å². The van der Waals surface area contributed by atoms with Gasteiger partial charge in [-0.05, 0) is 12.7 Å². The first-order valence-electron chi connectivity index (χ1n) is 7.62. The molecule has 1 aliphatic rings. The molecular formula is C14H21N5O3S. The number of aliphatic hydroxyl groups excluding tert-OH is 2. The molecule has 4 N–H and O–H groups in total. The van der Waals surface area contributed by atoms with Gasteiger partial charge in [-0.2, -0.15) is 0 Å². The maximum Gasteiger partial charge on any atom is 0.172 e. The molecule has 0 spiro atoms. The molecule has 2 aromatic rings. The van der Waals surface area contributed by atoms with Gasteiger partial charge in [-0.1, -0.05) is 31.5 Å². The molecule has 1 aliphatic heterocycles. The minimum atomic E-state index is -1.05. The number of ether oxygens (including phenoxy) is 1. The first-order valence-corrected chi connectivity index (χ1v) is 8.85. The molecular weight excluding hydrogens is 318 g/mol. The number of aromatic nitrogens is 4. The number of anilines is 1. The van der Waals surface area contributed by atoms with Crippen LogP contribution in [0.1, 0.15) is 32.4 Å². The van der Waals surface area contributed by atoms with Crippen molar-refractivity contribution in [1.29, 1.82) is 0 Å². The highest BCUT2D eigenvalue weighted by atomic mass is 32.2. The van der Waals surface area contributed by atoms with Crippen molar-refractivity contribution in [2.75, 3.05) is 12.0 Å². The number of aliphatic hydroxyl groups is 2. The molecule has 126 valence electrons. The van der Waals surface area contributed by atoms with Gasteiger partial charge in [-0.3, -0.25) is 4.57 Å². The van der Waals surface area contributed by atoms with Crippen molar-refractivity contribution in [1.82, 2.24) is 19.5 Å². The number of hydrogen-bond donors (Lipinski definition) is 3. The lowest BCUT2D eigenvalue weighted by Gasteiger charge is -2.18. The zero-order chi connectivity index (χ0) is 16.6. The van der Waals surface area contributed by atoms with E-state index in [-0.39, 0.29) is 5.82 Å². The van der Waals surface area contributed by atoms with Crippen molar-refractivity contribution < 1.29 is 14.9 Å². The lowest BCUT2D eigenvalue weighted by Crippen LogP contribution is -2.31. The predicted octanol–water partition coefficient (Wildman–Crippen LogP) is 0.940. The SMILES string of the molecule is CCCC[C@H]1O[C@@H](n2c(SC)nc3c(N)ncnc32)[C@H](O)[C@@H]1O. The predicted molar refractivity (Wildman–Crippen MR) is 87.0 cm³/mol. The van der Waals surface area contributed by atoms with Gasteiger partial charge < -0.3 is 20.7 Å². The topological polar surface area (TPSA) is 119 Å². The van der Waals surface area contributed by atoms with E-state index < -0.39 is 24.5 Å². The van der Waals surface area contributed by atoms with Gasteiger partial charge >= 0.3 is 0 Å². The molecule has 2 aromatic heterocycles. The molecule has 0 bridgehead atoms. The van der Waals surface area contributed by atoms with Gasteiger partial charge in [0.05, 0.1) is 6.10 Å². The van der Waals surface area contributed by atoms with E-state index in [9.17, 15) is 10.2 Å². The third-order valence-corrected chi connectivity index (χ3v) is 4.74. The average Bonchev–Trinajstić information content (AvgIpc) is 3.05. The summed E-state index contributed by atoms with van der Waals surface area (Å²) < 4.78 is 7.62. The van der Waals surface area contributed by atoms with Crippen LogP contribution in [-0.4, -0.2) is 54.3 Å². The van der Waals surface area contributed by atoms with Crippen molar-refractivity contribution in [3.8, 4) is 0 Å². The Hall–Kier alpha value is -1.42. The summed E-state index contributed by atoms with van der Waals surface area (Å²) in [4.78, 5) is 12.6. The van der Waals surface area contributed by atoms with Crippen LogP contribution >= 0.6 is 11.8 Å². The van der Waals surface area contributed by atoms with Crippen molar-refractivity contribution in [3.05, 3.63) is 6.33 Å². The van der Waals surface area contributed by atoms with Crippen LogP contribution in [0.25, 0.3) is 11.2 Å². The molecule has 3 heterocycles. The minimum Gasteiger partial charge on any atom is -0.388 e. The van der Waals surface area contributed by atoms with Gasteiger partial charge in [0.2, 0.25) is 0 Å². The van der Waals surface area contributed by atoms with Gasteiger partial charge in [0.25, 0.3) is 0 Å². The molecule has 0 aliphatic carbocycles. The monoisotopic (exact) mass is 339 g/mol. The zero-order valence-corrected chi connectivity index (χ0v) is 13.9. The van der Waals surface area contributed by atoms with Crippen LogP contribution in [0.3, 0.4) is 0 Å². The molecule has 0 amide bonds. The first-order chi connectivity index (χ1) is 11.1. The minimum absolute atomic E-state index is 0.277. The normalized spacial score (nSPS) is 27.8. The molecule has 9 heteroatoms.